The fourth-order valence-corrected chi connectivity index (χ4v) is 3.74. The zero-order valence-corrected chi connectivity index (χ0v) is 15.1. The lowest BCUT2D eigenvalue weighted by atomic mass is 10.0. The zero-order valence-electron chi connectivity index (χ0n) is 14.3. The molecule has 3 rings (SSSR count). The second-order valence-corrected chi connectivity index (χ2v) is 7.07. The number of thiophene rings is 1. The van der Waals surface area contributed by atoms with Crippen LogP contribution in [-0.2, 0) is 11.2 Å². The molecule has 6 heteroatoms. The second-order valence-electron chi connectivity index (χ2n) is 6.04. The van der Waals surface area contributed by atoms with Crippen molar-refractivity contribution in [2.45, 2.75) is 12.5 Å². The summed E-state index contributed by atoms with van der Waals surface area (Å²) in [6, 6.07) is 14.5. The highest BCUT2D eigenvalue weighted by Gasteiger charge is 2.22. The van der Waals surface area contributed by atoms with Crippen LogP contribution in [-0.4, -0.2) is 50.3 Å². The number of carbonyl (C=O) groups excluding carboxylic acids is 1. The topological polar surface area (TPSA) is 53.6 Å². The molecule has 1 saturated heterocycles. The van der Waals surface area contributed by atoms with E-state index in [4.69, 9.17) is 4.74 Å². The van der Waals surface area contributed by atoms with Crippen LogP contribution in [0.3, 0.4) is 0 Å². The molecular weight excluding hydrogens is 334 g/mol. The number of nitrogens with zero attached hydrogens (tertiary/aromatic N) is 1. The van der Waals surface area contributed by atoms with Crippen molar-refractivity contribution in [3.8, 4) is 0 Å². The molecule has 1 unspecified atom stereocenters. The molecule has 25 heavy (non-hydrogen) atoms. The first-order valence-corrected chi connectivity index (χ1v) is 9.62. The summed E-state index contributed by atoms with van der Waals surface area (Å²) in [5.41, 5.74) is 1.23. The van der Waals surface area contributed by atoms with E-state index in [0.717, 1.165) is 32.7 Å². The standard InChI is InChI=1S/C19H25N3O2S/c23-19(20-9-8-17-7-4-14-25-17)21-15-18(16-5-2-1-3-6-16)22-10-12-24-13-11-22/h1-7,14,18H,8-13,15H2,(H2,20,21,23). The predicted octanol–water partition coefficient (Wildman–Crippen LogP) is 2.66. The Bertz CT molecular complexity index is 627. The molecule has 2 N–H and O–H groups in total. The molecule has 1 atom stereocenters. The molecule has 2 amide bonds. The smallest absolute Gasteiger partial charge is 0.314 e. The fourth-order valence-electron chi connectivity index (χ4n) is 3.03. The minimum Gasteiger partial charge on any atom is -0.379 e. The van der Waals surface area contributed by atoms with Crippen LogP contribution >= 0.6 is 11.3 Å². The van der Waals surface area contributed by atoms with Crippen LogP contribution in [0.5, 0.6) is 0 Å². The third kappa shape index (κ3) is 5.56. The van der Waals surface area contributed by atoms with E-state index in [9.17, 15) is 4.79 Å². The molecule has 1 aliphatic rings. The highest BCUT2D eigenvalue weighted by molar-refractivity contribution is 7.09. The Morgan fingerprint density at radius 1 is 1.12 bits per heavy atom. The summed E-state index contributed by atoms with van der Waals surface area (Å²) < 4.78 is 5.46. The Morgan fingerprint density at radius 2 is 1.92 bits per heavy atom. The van der Waals surface area contributed by atoms with Crippen molar-refractivity contribution < 1.29 is 9.53 Å². The highest BCUT2D eigenvalue weighted by Crippen LogP contribution is 2.20. The number of morpholine rings is 1. The molecule has 0 aliphatic carbocycles. The molecule has 5 nitrogen and oxygen atoms in total. The van der Waals surface area contributed by atoms with E-state index < -0.39 is 0 Å². The van der Waals surface area contributed by atoms with Gasteiger partial charge in [-0.15, -0.1) is 11.3 Å². The number of ether oxygens (including phenoxy) is 1. The van der Waals surface area contributed by atoms with Crippen molar-refractivity contribution in [2.75, 3.05) is 39.4 Å². The summed E-state index contributed by atoms with van der Waals surface area (Å²) in [7, 11) is 0. The Hall–Kier alpha value is -1.89. The molecule has 0 saturated carbocycles. The van der Waals surface area contributed by atoms with Crippen molar-refractivity contribution in [3.63, 3.8) is 0 Å². The maximum absolute atomic E-state index is 12.1. The number of nitrogens with one attached hydrogen (secondary N) is 2. The van der Waals surface area contributed by atoms with Crippen molar-refractivity contribution in [2.24, 2.45) is 0 Å². The summed E-state index contributed by atoms with van der Waals surface area (Å²) in [4.78, 5) is 15.8. The van der Waals surface area contributed by atoms with Gasteiger partial charge in [-0.3, -0.25) is 4.90 Å². The van der Waals surface area contributed by atoms with E-state index >= 15 is 0 Å². The minimum atomic E-state index is -0.106. The van der Waals surface area contributed by atoms with Gasteiger partial charge in [0.25, 0.3) is 0 Å². The largest absolute Gasteiger partial charge is 0.379 e. The molecule has 1 fully saturated rings. The molecule has 0 bridgehead atoms. The van der Waals surface area contributed by atoms with Crippen LogP contribution in [0.15, 0.2) is 47.8 Å². The summed E-state index contributed by atoms with van der Waals surface area (Å²) >= 11 is 1.72. The van der Waals surface area contributed by atoms with Crippen LogP contribution in [0.1, 0.15) is 16.5 Å². The van der Waals surface area contributed by atoms with Crippen molar-refractivity contribution in [3.05, 3.63) is 58.3 Å². The van der Waals surface area contributed by atoms with Gasteiger partial charge in [0.15, 0.2) is 0 Å². The van der Waals surface area contributed by atoms with E-state index in [1.807, 2.05) is 24.3 Å². The molecule has 1 aromatic carbocycles. The van der Waals surface area contributed by atoms with Crippen LogP contribution in [0, 0.1) is 0 Å². The average molecular weight is 359 g/mol. The minimum absolute atomic E-state index is 0.106. The Labute approximate surface area is 153 Å². The van der Waals surface area contributed by atoms with Crippen LogP contribution in [0.4, 0.5) is 4.79 Å². The number of benzene rings is 1. The summed E-state index contributed by atoms with van der Waals surface area (Å²) in [5, 5.41) is 8.03. The van der Waals surface area contributed by atoms with E-state index in [1.54, 1.807) is 11.3 Å². The van der Waals surface area contributed by atoms with Crippen molar-refractivity contribution in [1.29, 1.82) is 0 Å². The van der Waals surface area contributed by atoms with E-state index in [-0.39, 0.29) is 12.1 Å². The molecule has 0 spiro atoms. The quantitative estimate of drug-likeness (QED) is 0.799. The van der Waals surface area contributed by atoms with E-state index in [0.29, 0.717) is 13.1 Å². The monoisotopic (exact) mass is 359 g/mol. The van der Waals surface area contributed by atoms with Gasteiger partial charge in [0.2, 0.25) is 0 Å². The first-order chi connectivity index (χ1) is 12.3. The molecule has 134 valence electrons. The van der Waals surface area contributed by atoms with Gasteiger partial charge in [-0.2, -0.15) is 0 Å². The summed E-state index contributed by atoms with van der Waals surface area (Å²) in [5.74, 6) is 0. The van der Waals surface area contributed by atoms with Crippen LogP contribution in [0.25, 0.3) is 0 Å². The van der Waals surface area contributed by atoms with Crippen LogP contribution in [0.2, 0.25) is 0 Å². The average Bonchev–Trinajstić information content (AvgIpc) is 3.17. The molecule has 0 radical (unpaired) electrons. The normalized spacial score (nSPS) is 16.3. The zero-order chi connectivity index (χ0) is 17.3. The maximum Gasteiger partial charge on any atom is 0.314 e. The number of rotatable bonds is 7. The highest BCUT2D eigenvalue weighted by atomic mass is 32.1. The Kier molecular flexibility index (Phi) is 6.85. The first-order valence-electron chi connectivity index (χ1n) is 8.74. The molecule has 1 aliphatic heterocycles. The van der Waals surface area contributed by atoms with Gasteiger partial charge in [0, 0.05) is 31.1 Å². The number of urea groups is 1. The Morgan fingerprint density at radius 3 is 2.64 bits per heavy atom. The van der Waals surface area contributed by atoms with Gasteiger partial charge in [0.1, 0.15) is 0 Å². The lowest BCUT2D eigenvalue weighted by Crippen LogP contribution is -2.46. The van der Waals surface area contributed by atoms with Crippen molar-refractivity contribution in [1.82, 2.24) is 15.5 Å². The SMILES string of the molecule is O=C(NCCc1cccs1)NCC(c1ccccc1)N1CCOCC1. The fraction of sp³-hybridized carbons (Fsp3) is 0.421. The third-order valence-electron chi connectivity index (χ3n) is 4.36. The van der Waals surface area contributed by atoms with E-state index in [1.165, 1.54) is 10.4 Å². The molecule has 1 aromatic heterocycles. The molecule has 2 heterocycles. The van der Waals surface area contributed by atoms with Crippen LogP contribution < -0.4 is 10.6 Å². The second kappa shape index (κ2) is 9.56. The Balaban J connectivity index is 1.50. The van der Waals surface area contributed by atoms with Crippen molar-refractivity contribution >= 4 is 17.4 Å². The summed E-state index contributed by atoms with van der Waals surface area (Å²) in [6.07, 6.45) is 0.872. The predicted molar refractivity (Wildman–Crippen MR) is 101 cm³/mol. The van der Waals surface area contributed by atoms with Gasteiger partial charge < -0.3 is 15.4 Å². The summed E-state index contributed by atoms with van der Waals surface area (Å²) in [6.45, 7) is 4.52. The number of hydrogen-bond donors (Lipinski definition) is 2. The number of hydrogen-bond acceptors (Lipinski definition) is 4. The third-order valence-corrected chi connectivity index (χ3v) is 5.30. The van der Waals surface area contributed by atoms with E-state index in [2.05, 4.69) is 39.1 Å². The van der Waals surface area contributed by atoms with Gasteiger partial charge >= 0.3 is 6.03 Å². The molecular formula is C19H25N3O2S. The number of amides is 2. The number of carbonyl (C=O) groups is 1. The van der Waals surface area contributed by atoms with Gasteiger partial charge in [-0.05, 0) is 23.4 Å². The van der Waals surface area contributed by atoms with Gasteiger partial charge in [-0.25, -0.2) is 4.79 Å². The first kappa shape index (κ1) is 17.9. The van der Waals surface area contributed by atoms with Gasteiger partial charge in [0.05, 0.1) is 19.3 Å². The maximum atomic E-state index is 12.1. The lowest BCUT2D eigenvalue weighted by molar-refractivity contribution is 0.0167. The van der Waals surface area contributed by atoms with Gasteiger partial charge in [-0.1, -0.05) is 36.4 Å². The molecule has 2 aromatic rings. The lowest BCUT2D eigenvalue weighted by Gasteiger charge is -2.34.